The molecule has 0 bridgehead atoms. The van der Waals surface area contributed by atoms with Crippen molar-refractivity contribution in [1.29, 1.82) is 0 Å². The number of ether oxygens (including phenoxy) is 2. The van der Waals surface area contributed by atoms with E-state index < -0.39 is 22.2 Å². The van der Waals surface area contributed by atoms with Crippen LogP contribution in [0.25, 0.3) is 6.08 Å². The summed E-state index contributed by atoms with van der Waals surface area (Å²) in [6.45, 7) is 6.92. The Morgan fingerprint density at radius 1 is 1.33 bits per heavy atom. The van der Waals surface area contributed by atoms with E-state index in [0.717, 1.165) is 5.56 Å². The second kappa shape index (κ2) is 11.0. The second-order valence-electron chi connectivity index (χ2n) is 9.05. The van der Waals surface area contributed by atoms with E-state index in [0.29, 0.717) is 32.6 Å². The molecule has 2 aliphatic rings. The Balaban J connectivity index is 1.95. The average Bonchev–Trinajstić information content (AvgIpc) is 2.81. The highest BCUT2D eigenvalue weighted by molar-refractivity contribution is 7.89. The summed E-state index contributed by atoms with van der Waals surface area (Å²) in [5.74, 6) is 0.0566. The molecule has 1 saturated heterocycles. The van der Waals surface area contributed by atoms with E-state index >= 15 is 0 Å². The van der Waals surface area contributed by atoms with Crippen molar-refractivity contribution in [2.45, 2.75) is 50.7 Å². The molecule has 3 atom stereocenters. The predicted molar refractivity (Wildman–Crippen MR) is 126 cm³/mol. The maximum Gasteiger partial charge on any atom is 0.247 e. The number of likely N-dealkylation sites (N-methyl/N-ethyl adjacent to an activating group) is 1. The summed E-state index contributed by atoms with van der Waals surface area (Å²) in [5, 5.41) is 9.75. The lowest BCUT2D eigenvalue weighted by atomic mass is 9.97. The standard InChI is InChI=1S/C24H36N2O6S/c1-5-6-19-7-8-23-21(13-19)32-22(15-25(4)24(28)20-9-11-31-12-10-20)17(2)14-26(18(3)16-27)33(23,29)30/h5-8,13,17-18,20,22,27H,9-12,14-16H2,1-4H3/b6-5+/t17-,18+,22+/m0/s1. The highest BCUT2D eigenvalue weighted by Gasteiger charge is 2.38. The van der Waals surface area contributed by atoms with Crippen LogP contribution in [0.3, 0.4) is 0 Å². The Labute approximate surface area is 197 Å². The quantitative estimate of drug-likeness (QED) is 0.672. The van der Waals surface area contributed by atoms with Gasteiger partial charge in [0.25, 0.3) is 0 Å². The number of carbonyl (C=O) groups excluding carboxylic acids is 1. The third-order valence-corrected chi connectivity index (χ3v) is 8.47. The molecular formula is C24H36N2O6S. The van der Waals surface area contributed by atoms with E-state index in [1.54, 1.807) is 37.1 Å². The maximum absolute atomic E-state index is 13.5. The number of amides is 1. The fourth-order valence-corrected chi connectivity index (χ4v) is 6.20. The molecule has 3 rings (SSSR count). The van der Waals surface area contributed by atoms with Gasteiger partial charge in [-0.15, -0.1) is 0 Å². The van der Waals surface area contributed by atoms with Gasteiger partial charge in [0.1, 0.15) is 16.7 Å². The van der Waals surface area contributed by atoms with Gasteiger partial charge in [0.15, 0.2) is 0 Å². The van der Waals surface area contributed by atoms with Gasteiger partial charge in [-0.2, -0.15) is 4.31 Å². The molecule has 2 aliphatic heterocycles. The zero-order valence-corrected chi connectivity index (χ0v) is 20.8. The van der Waals surface area contributed by atoms with Gasteiger partial charge >= 0.3 is 0 Å². The maximum atomic E-state index is 13.5. The van der Waals surface area contributed by atoms with Crippen molar-refractivity contribution in [2.75, 3.05) is 40.0 Å². The molecule has 33 heavy (non-hydrogen) atoms. The fourth-order valence-electron chi connectivity index (χ4n) is 4.37. The van der Waals surface area contributed by atoms with Crippen LogP contribution in [0.4, 0.5) is 0 Å². The number of nitrogens with zero attached hydrogens (tertiary/aromatic N) is 2. The lowest BCUT2D eigenvalue weighted by Crippen LogP contribution is -2.50. The minimum absolute atomic E-state index is 0.0623. The van der Waals surface area contributed by atoms with Gasteiger partial charge in [0.2, 0.25) is 15.9 Å². The average molecular weight is 481 g/mol. The molecule has 0 saturated carbocycles. The number of allylic oxidation sites excluding steroid dienone is 1. The van der Waals surface area contributed by atoms with Crippen LogP contribution < -0.4 is 4.74 Å². The molecule has 0 spiro atoms. The van der Waals surface area contributed by atoms with Crippen LogP contribution in [0.15, 0.2) is 29.2 Å². The summed E-state index contributed by atoms with van der Waals surface area (Å²) in [6.07, 6.45) is 4.75. The number of hydrogen-bond donors (Lipinski definition) is 1. The number of aliphatic hydroxyl groups is 1. The monoisotopic (exact) mass is 480 g/mol. The Hall–Kier alpha value is -1.94. The number of aliphatic hydroxyl groups excluding tert-OH is 1. The number of benzene rings is 1. The van der Waals surface area contributed by atoms with Gasteiger partial charge in [-0.3, -0.25) is 4.79 Å². The smallest absolute Gasteiger partial charge is 0.247 e. The van der Waals surface area contributed by atoms with Gasteiger partial charge < -0.3 is 19.5 Å². The highest BCUT2D eigenvalue weighted by Crippen LogP contribution is 2.34. The van der Waals surface area contributed by atoms with Gasteiger partial charge in [0, 0.05) is 44.7 Å². The number of fused-ring (bicyclic) bond motifs is 1. The number of hydrogen-bond acceptors (Lipinski definition) is 6. The number of rotatable bonds is 6. The lowest BCUT2D eigenvalue weighted by Gasteiger charge is -2.38. The van der Waals surface area contributed by atoms with Crippen molar-refractivity contribution < 1.29 is 27.8 Å². The van der Waals surface area contributed by atoms with E-state index in [4.69, 9.17) is 9.47 Å². The first-order valence-electron chi connectivity index (χ1n) is 11.6. The number of sulfonamides is 1. The highest BCUT2D eigenvalue weighted by atomic mass is 32.2. The van der Waals surface area contributed by atoms with Crippen LogP contribution in [0, 0.1) is 11.8 Å². The lowest BCUT2D eigenvalue weighted by molar-refractivity contribution is -0.138. The molecule has 1 amide bonds. The van der Waals surface area contributed by atoms with Crippen molar-refractivity contribution in [1.82, 2.24) is 9.21 Å². The molecule has 184 valence electrons. The Kier molecular flexibility index (Phi) is 8.55. The molecule has 2 heterocycles. The van der Waals surface area contributed by atoms with E-state index in [1.165, 1.54) is 4.31 Å². The zero-order chi connectivity index (χ0) is 24.2. The third kappa shape index (κ3) is 5.77. The van der Waals surface area contributed by atoms with Gasteiger partial charge in [-0.25, -0.2) is 8.42 Å². The SMILES string of the molecule is C/C=C/c1ccc2c(c1)O[C@H](CN(C)C(=O)C1CCOCC1)[C@@H](C)CN([C@H](C)CO)S2(=O)=O. The first-order chi connectivity index (χ1) is 15.7. The van der Waals surface area contributed by atoms with Crippen LogP contribution in [-0.2, 0) is 19.6 Å². The molecule has 1 N–H and O–H groups in total. The van der Waals surface area contributed by atoms with Gasteiger partial charge in [-0.1, -0.05) is 25.1 Å². The molecule has 8 nitrogen and oxygen atoms in total. The minimum Gasteiger partial charge on any atom is -0.487 e. The van der Waals surface area contributed by atoms with E-state index in [2.05, 4.69) is 0 Å². The molecule has 0 aromatic heterocycles. The summed E-state index contributed by atoms with van der Waals surface area (Å²) in [5.41, 5.74) is 0.826. The summed E-state index contributed by atoms with van der Waals surface area (Å²) < 4.78 is 40.0. The van der Waals surface area contributed by atoms with E-state index in [9.17, 15) is 18.3 Å². The second-order valence-corrected chi connectivity index (χ2v) is 10.9. The first-order valence-corrected chi connectivity index (χ1v) is 13.0. The summed E-state index contributed by atoms with van der Waals surface area (Å²) >= 11 is 0. The van der Waals surface area contributed by atoms with Gasteiger partial charge in [0.05, 0.1) is 13.2 Å². The predicted octanol–water partition coefficient (Wildman–Crippen LogP) is 2.37. The van der Waals surface area contributed by atoms with Gasteiger partial charge in [-0.05, 0) is 44.4 Å². The zero-order valence-electron chi connectivity index (χ0n) is 19.9. The molecule has 0 unspecified atom stereocenters. The van der Waals surface area contributed by atoms with Crippen molar-refractivity contribution in [3.63, 3.8) is 0 Å². The Morgan fingerprint density at radius 2 is 2.03 bits per heavy atom. The Bertz CT molecular complexity index is 958. The van der Waals surface area contributed by atoms with Crippen LogP contribution in [0.2, 0.25) is 0 Å². The van der Waals surface area contributed by atoms with E-state index in [-0.39, 0.29) is 41.5 Å². The van der Waals surface area contributed by atoms with Crippen molar-refractivity contribution in [3.05, 3.63) is 29.8 Å². The molecule has 0 aliphatic carbocycles. The molecule has 9 heteroatoms. The van der Waals surface area contributed by atoms with Crippen molar-refractivity contribution in [3.8, 4) is 5.75 Å². The fraction of sp³-hybridized carbons (Fsp3) is 0.625. The minimum atomic E-state index is -3.87. The first kappa shape index (κ1) is 25.7. The third-order valence-electron chi connectivity index (χ3n) is 6.45. The molecule has 1 fully saturated rings. The van der Waals surface area contributed by atoms with Crippen molar-refractivity contribution >= 4 is 22.0 Å². The largest absolute Gasteiger partial charge is 0.487 e. The summed E-state index contributed by atoms with van der Waals surface area (Å²) in [6, 6.07) is 4.43. The molecular weight excluding hydrogens is 444 g/mol. The van der Waals surface area contributed by atoms with Crippen LogP contribution in [0.1, 0.15) is 39.2 Å². The normalized spacial score (nSPS) is 25.0. The molecule has 1 aromatic rings. The van der Waals surface area contributed by atoms with Crippen LogP contribution >= 0.6 is 0 Å². The summed E-state index contributed by atoms with van der Waals surface area (Å²) in [4.78, 5) is 14.8. The van der Waals surface area contributed by atoms with E-state index in [1.807, 2.05) is 26.0 Å². The van der Waals surface area contributed by atoms with Crippen molar-refractivity contribution in [2.24, 2.45) is 11.8 Å². The Morgan fingerprint density at radius 3 is 2.67 bits per heavy atom. The number of carbonyl (C=O) groups is 1. The summed E-state index contributed by atoms with van der Waals surface area (Å²) in [7, 11) is -2.10. The van der Waals surface area contributed by atoms with Crippen LogP contribution in [0.5, 0.6) is 5.75 Å². The molecule has 0 radical (unpaired) electrons. The van der Waals surface area contributed by atoms with Crippen LogP contribution in [-0.4, -0.2) is 80.7 Å². The molecule has 1 aromatic carbocycles. The topological polar surface area (TPSA) is 96.4 Å².